The molecule has 1 aliphatic rings. The number of alkyl halides is 1. The van der Waals surface area contributed by atoms with Gasteiger partial charge in [0.25, 0.3) is 0 Å². The van der Waals surface area contributed by atoms with Gasteiger partial charge < -0.3 is 4.90 Å². The Morgan fingerprint density at radius 1 is 1.54 bits per heavy atom. The third-order valence-corrected chi connectivity index (χ3v) is 1.91. The molecule has 0 saturated carbocycles. The molecule has 72 valence electrons. The Hall–Kier alpha value is -1.04. The largest absolute Gasteiger partial charge is 0.334 e. The zero-order valence-corrected chi connectivity index (χ0v) is 8.22. The third kappa shape index (κ3) is 2.45. The van der Waals surface area contributed by atoms with Gasteiger partial charge in [-0.2, -0.15) is 0 Å². The zero-order valence-electron chi connectivity index (χ0n) is 8.22. The molecule has 0 unspecified atom stereocenters. The molecule has 1 heterocycles. The molecule has 1 rings (SSSR count). The van der Waals surface area contributed by atoms with Crippen LogP contribution in [0, 0.1) is 17.8 Å². The highest BCUT2D eigenvalue weighted by Crippen LogP contribution is 2.24. The molecule has 1 aliphatic heterocycles. The Morgan fingerprint density at radius 2 is 2.08 bits per heavy atom. The molecule has 0 aromatic rings. The number of rotatable bonds is 0. The van der Waals surface area contributed by atoms with E-state index in [1.54, 1.807) is 0 Å². The molecule has 1 fully saturated rings. The van der Waals surface area contributed by atoms with Crippen molar-refractivity contribution in [2.24, 2.45) is 5.92 Å². The lowest BCUT2D eigenvalue weighted by Crippen LogP contribution is -2.59. The van der Waals surface area contributed by atoms with Crippen molar-refractivity contribution in [1.29, 1.82) is 0 Å². The van der Waals surface area contributed by atoms with Gasteiger partial charge in [-0.15, -0.1) is 0 Å². The first-order valence-electron chi connectivity index (χ1n) is 4.40. The van der Waals surface area contributed by atoms with E-state index in [1.165, 1.54) is 11.8 Å². The molecule has 1 saturated heterocycles. The molecule has 2 nitrogen and oxygen atoms in total. The van der Waals surface area contributed by atoms with E-state index < -0.39 is 5.67 Å². The summed E-state index contributed by atoms with van der Waals surface area (Å²) in [5.41, 5.74) is -1.45. The molecule has 0 bridgehead atoms. The van der Waals surface area contributed by atoms with Crippen molar-refractivity contribution in [2.45, 2.75) is 26.4 Å². The van der Waals surface area contributed by atoms with E-state index in [1.807, 2.05) is 13.8 Å². The van der Waals surface area contributed by atoms with Crippen molar-refractivity contribution in [3.05, 3.63) is 0 Å². The van der Waals surface area contributed by atoms with Crippen LogP contribution in [0.5, 0.6) is 0 Å². The highest BCUT2D eigenvalue weighted by Gasteiger charge is 2.43. The van der Waals surface area contributed by atoms with E-state index in [0.29, 0.717) is 0 Å². The maximum Gasteiger partial charge on any atom is 0.219 e. The smallest absolute Gasteiger partial charge is 0.219 e. The van der Waals surface area contributed by atoms with E-state index in [0.717, 1.165) is 0 Å². The van der Waals surface area contributed by atoms with Crippen LogP contribution in [0.15, 0.2) is 0 Å². The van der Waals surface area contributed by atoms with E-state index in [-0.39, 0.29) is 24.9 Å². The Bertz CT molecular complexity index is 268. The van der Waals surface area contributed by atoms with Crippen molar-refractivity contribution in [2.75, 3.05) is 13.1 Å². The molecule has 0 radical (unpaired) electrons. The predicted octanol–water partition coefficient (Wildman–Crippen LogP) is 1.22. The van der Waals surface area contributed by atoms with Gasteiger partial charge in [-0.3, -0.25) is 4.79 Å². The number of nitrogens with zero attached hydrogens (tertiary/aromatic N) is 1. The number of hydrogen-bond acceptors (Lipinski definition) is 1. The molecule has 0 atom stereocenters. The van der Waals surface area contributed by atoms with Gasteiger partial charge in [0.2, 0.25) is 11.6 Å². The Morgan fingerprint density at radius 3 is 2.46 bits per heavy atom. The van der Waals surface area contributed by atoms with Gasteiger partial charge in [-0.05, 0) is 0 Å². The molecule has 0 aromatic heterocycles. The van der Waals surface area contributed by atoms with Gasteiger partial charge in [0.1, 0.15) is 0 Å². The van der Waals surface area contributed by atoms with Gasteiger partial charge in [-0.25, -0.2) is 4.39 Å². The molecule has 3 heteroatoms. The topological polar surface area (TPSA) is 20.3 Å². The monoisotopic (exact) mass is 183 g/mol. The number of amides is 1. The van der Waals surface area contributed by atoms with Crippen molar-refractivity contribution in [3.63, 3.8) is 0 Å². The maximum absolute atomic E-state index is 13.5. The first kappa shape index (κ1) is 10.0. The molecule has 0 spiro atoms. The van der Waals surface area contributed by atoms with E-state index in [9.17, 15) is 9.18 Å². The van der Waals surface area contributed by atoms with Gasteiger partial charge in [-0.1, -0.05) is 25.7 Å². The SMILES string of the molecule is CC(=O)N1CC(F)(C#CC(C)C)C1. The van der Waals surface area contributed by atoms with E-state index >= 15 is 0 Å². The van der Waals surface area contributed by atoms with Crippen LogP contribution in [-0.4, -0.2) is 29.6 Å². The number of likely N-dealkylation sites (tertiary alicyclic amines) is 1. The summed E-state index contributed by atoms with van der Waals surface area (Å²) in [5, 5.41) is 0. The first-order valence-corrected chi connectivity index (χ1v) is 4.40. The second-order valence-electron chi connectivity index (χ2n) is 3.76. The van der Waals surface area contributed by atoms with Crippen molar-refractivity contribution in [3.8, 4) is 11.8 Å². The highest BCUT2D eigenvalue weighted by atomic mass is 19.1. The van der Waals surface area contributed by atoms with Crippen molar-refractivity contribution < 1.29 is 9.18 Å². The molecular weight excluding hydrogens is 169 g/mol. The minimum atomic E-state index is -1.45. The number of halogens is 1. The maximum atomic E-state index is 13.5. The second kappa shape index (κ2) is 3.37. The average Bonchev–Trinajstić information content (AvgIpc) is 1.95. The molecule has 0 N–H and O–H groups in total. The fourth-order valence-corrected chi connectivity index (χ4v) is 1.13. The third-order valence-electron chi connectivity index (χ3n) is 1.91. The van der Waals surface area contributed by atoms with E-state index in [4.69, 9.17) is 0 Å². The molecule has 1 amide bonds. The lowest BCUT2D eigenvalue weighted by molar-refractivity contribution is -0.138. The predicted molar refractivity (Wildman–Crippen MR) is 48.7 cm³/mol. The van der Waals surface area contributed by atoms with Crippen LogP contribution in [0.25, 0.3) is 0 Å². The zero-order chi connectivity index (χ0) is 10.1. The van der Waals surface area contributed by atoms with Crippen LogP contribution in [-0.2, 0) is 4.79 Å². The average molecular weight is 183 g/mol. The minimum Gasteiger partial charge on any atom is -0.334 e. The summed E-state index contributed by atoms with van der Waals surface area (Å²) in [6.07, 6.45) is 0. The van der Waals surface area contributed by atoms with Crippen LogP contribution < -0.4 is 0 Å². The summed E-state index contributed by atoms with van der Waals surface area (Å²) in [6.45, 7) is 5.52. The Kier molecular flexibility index (Phi) is 2.60. The fourth-order valence-electron chi connectivity index (χ4n) is 1.13. The summed E-state index contributed by atoms with van der Waals surface area (Å²) in [5.74, 6) is 5.45. The minimum absolute atomic E-state index is 0.0837. The van der Waals surface area contributed by atoms with E-state index in [2.05, 4.69) is 11.8 Å². The highest BCUT2D eigenvalue weighted by molar-refractivity contribution is 5.75. The number of hydrogen-bond donors (Lipinski definition) is 0. The van der Waals surface area contributed by atoms with Crippen molar-refractivity contribution >= 4 is 5.91 Å². The Labute approximate surface area is 78.1 Å². The summed E-state index contributed by atoms with van der Waals surface area (Å²) < 4.78 is 13.5. The number of carbonyl (C=O) groups is 1. The summed E-state index contributed by atoms with van der Waals surface area (Å²) >= 11 is 0. The van der Waals surface area contributed by atoms with Gasteiger partial charge in [0.15, 0.2) is 0 Å². The molecular formula is C10H14FNO. The number of carbonyl (C=O) groups excluding carboxylic acids is 1. The van der Waals surface area contributed by atoms with Crippen LogP contribution >= 0.6 is 0 Å². The van der Waals surface area contributed by atoms with Crippen LogP contribution in [0.4, 0.5) is 4.39 Å². The van der Waals surface area contributed by atoms with Crippen LogP contribution in [0.3, 0.4) is 0 Å². The van der Waals surface area contributed by atoms with Gasteiger partial charge in [0.05, 0.1) is 13.1 Å². The molecule has 0 aliphatic carbocycles. The second-order valence-corrected chi connectivity index (χ2v) is 3.76. The van der Waals surface area contributed by atoms with Gasteiger partial charge >= 0.3 is 0 Å². The lowest BCUT2D eigenvalue weighted by Gasteiger charge is -2.40. The van der Waals surface area contributed by atoms with Crippen LogP contribution in [0.1, 0.15) is 20.8 Å². The van der Waals surface area contributed by atoms with Gasteiger partial charge in [0, 0.05) is 12.8 Å². The first-order chi connectivity index (χ1) is 5.93. The Balaban J connectivity index is 2.48. The summed E-state index contributed by atoms with van der Waals surface area (Å²) in [6, 6.07) is 0. The normalized spacial score (nSPS) is 19.0. The summed E-state index contributed by atoms with van der Waals surface area (Å²) in [7, 11) is 0. The fraction of sp³-hybridized carbons (Fsp3) is 0.700. The molecule has 0 aromatic carbocycles. The standard InChI is InChI=1S/C10H14FNO/c1-8(2)4-5-10(11)6-12(7-10)9(3)13/h8H,6-7H2,1-3H3. The summed E-state index contributed by atoms with van der Waals surface area (Å²) in [4.78, 5) is 12.2. The quantitative estimate of drug-likeness (QED) is 0.517. The van der Waals surface area contributed by atoms with Crippen LogP contribution in [0.2, 0.25) is 0 Å². The lowest BCUT2D eigenvalue weighted by atomic mass is 9.96. The van der Waals surface area contributed by atoms with Crippen molar-refractivity contribution in [1.82, 2.24) is 4.90 Å². The molecule has 13 heavy (non-hydrogen) atoms.